The first-order valence-corrected chi connectivity index (χ1v) is 9.69. The van der Waals surface area contributed by atoms with Crippen molar-refractivity contribution in [1.29, 1.82) is 5.26 Å². The molecular formula is C25H21N3O2. The van der Waals surface area contributed by atoms with Crippen LogP contribution in [0.5, 0.6) is 5.75 Å². The highest BCUT2D eigenvalue weighted by atomic mass is 16.3. The Kier molecular flexibility index (Phi) is 5.23. The summed E-state index contributed by atoms with van der Waals surface area (Å²) < 4.78 is 1.99. The first kappa shape index (κ1) is 19.3. The molecule has 2 N–H and O–H groups in total. The fraction of sp³-hybridized carbons (Fsp3) is 0.120. The third-order valence-corrected chi connectivity index (χ3v) is 5.18. The molecule has 1 heterocycles. The van der Waals surface area contributed by atoms with E-state index in [-0.39, 0.29) is 11.7 Å². The van der Waals surface area contributed by atoms with Gasteiger partial charge in [-0.25, -0.2) is 0 Å². The van der Waals surface area contributed by atoms with E-state index in [2.05, 4.69) is 11.4 Å². The molecule has 3 aromatic carbocycles. The Morgan fingerprint density at radius 1 is 1.03 bits per heavy atom. The summed E-state index contributed by atoms with van der Waals surface area (Å²) in [6, 6.07) is 24.3. The van der Waals surface area contributed by atoms with Crippen LogP contribution >= 0.6 is 0 Å². The highest BCUT2D eigenvalue weighted by Gasteiger charge is 2.17. The number of phenolic OH excluding ortho intramolecular Hbond substituents is 1. The largest absolute Gasteiger partial charge is 0.508 e. The van der Waals surface area contributed by atoms with Crippen LogP contribution in [-0.4, -0.2) is 15.6 Å². The number of phenols is 1. The maximum absolute atomic E-state index is 13.1. The molecule has 0 bridgehead atoms. The second-order valence-electron chi connectivity index (χ2n) is 7.28. The van der Waals surface area contributed by atoms with E-state index >= 15 is 0 Å². The van der Waals surface area contributed by atoms with E-state index in [9.17, 15) is 15.2 Å². The number of aromatic nitrogens is 1. The number of hydrogen-bond acceptors (Lipinski definition) is 3. The topological polar surface area (TPSA) is 78.0 Å². The van der Waals surface area contributed by atoms with E-state index in [1.165, 1.54) is 0 Å². The van der Waals surface area contributed by atoms with E-state index in [1.54, 1.807) is 30.3 Å². The van der Waals surface area contributed by atoms with Gasteiger partial charge in [0.25, 0.3) is 5.91 Å². The van der Waals surface area contributed by atoms with Gasteiger partial charge in [0.15, 0.2) is 0 Å². The van der Waals surface area contributed by atoms with Crippen molar-refractivity contribution < 1.29 is 9.90 Å². The molecule has 5 heteroatoms. The Balaban J connectivity index is 1.68. The summed E-state index contributed by atoms with van der Waals surface area (Å²) >= 11 is 0. The zero-order valence-corrected chi connectivity index (χ0v) is 16.6. The van der Waals surface area contributed by atoms with Gasteiger partial charge in [0, 0.05) is 24.0 Å². The van der Waals surface area contributed by atoms with Gasteiger partial charge < -0.3 is 15.0 Å². The number of aryl methyl sites for hydroxylation is 1. The minimum absolute atomic E-state index is 0.171. The molecule has 30 heavy (non-hydrogen) atoms. The van der Waals surface area contributed by atoms with Crippen LogP contribution in [0.4, 0.5) is 0 Å². The Bertz CT molecular complexity index is 1260. The molecular weight excluding hydrogens is 374 g/mol. The van der Waals surface area contributed by atoms with Crippen LogP contribution in [0.15, 0.2) is 72.8 Å². The average molecular weight is 395 g/mol. The van der Waals surface area contributed by atoms with Crippen molar-refractivity contribution in [2.45, 2.75) is 20.0 Å². The molecule has 0 aliphatic carbocycles. The first-order valence-electron chi connectivity index (χ1n) is 9.69. The number of aromatic hydroxyl groups is 1. The normalized spacial score (nSPS) is 10.7. The SMILES string of the molecule is Cc1cccc2c1cc(C(=O)NCc1ccc(O)cc1)n2Cc1cccc(C#N)c1. The number of nitrogens with zero attached hydrogens (tertiary/aromatic N) is 2. The number of carbonyl (C=O) groups is 1. The van der Waals surface area contributed by atoms with E-state index < -0.39 is 0 Å². The predicted octanol–water partition coefficient (Wildman–Crippen LogP) is 4.51. The van der Waals surface area contributed by atoms with Gasteiger partial charge in [-0.15, -0.1) is 0 Å². The molecule has 148 valence electrons. The zero-order valence-electron chi connectivity index (χ0n) is 16.6. The summed E-state index contributed by atoms with van der Waals surface area (Å²) in [5, 5.41) is 22.6. The van der Waals surface area contributed by atoms with Crippen LogP contribution in [0, 0.1) is 18.3 Å². The highest BCUT2D eigenvalue weighted by molar-refractivity contribution is 5.99. The predicted molar refractivity (Wildman–Crippen MR) is 116 cm³/mol. The molecule has 1 aromatic heterocycles. The maximum Gasteiger partial charge on any atom is 0.268 e. The number of fused-ring (bicyclic) bond motifs is 1. The molecule has 5 nitrogen and oxygen atoms in total. The minimum atomic E-state index is -0.171. The fourth-order valence-electron chi connectivity index (χ4n) is 3.60. The van der Waals surface area contributed by atoms with E-state index in [0.29, 0.717) is 24.3 Å². The van der Waals surface area contributed by atoms with Crippen molar-refractivity contribution >= 4 is 16.8 Å². The van der Waals surface area contributed by atoms with Gasteiger partial charge in [0.1, 0.15) is 11.4 Å². The molecule has 4 rings (SSSR count). The Morgan fingerprint density at radius 2 is 1.80 bits per heavy atom. The molecule has 0 spiro atoms. The van der Waals surface area contributed by atoms with Crippen LogP contribution in [-0.2, 0) is 13.1 Å². The summed E-state index contributed by atoms with van der Waals surface area (Å²) in [6.07, 6.45) is 0. The smallest absolute Gasteiger partial charge is 0.268 e. The van der Waals surface area contributed by atoms with Gasteiger partial charge in [-0.1, -0.05) is 36.4 Å². The van der Waals surface area contributed by atoms with Crippen LogP contribution in [0.25, 0.3) is 10.9 Å². The van der Waals surface area contributed by atoms with Crippen molar-refractivity contribution in [3.05, 3.63) is 101 Å². The van der Waals surface area contributed by atoms with Crippen molar-refractivity contribution in [2.75, 3.05) is 0 Å². The van der Waals surface area contributed by atoms with Gasteiger partial charge >= 0.3 is 0 Å². The Morgan fingerprint density at radius 3 is 2.57 bits per heavy atom. The highest BCUT2D eigenvalue weighted by Crippen LogP contribution is 2.25. The summed E-state index contributed by atoms with van der Waals surface area (Å²) in [5.41, 5.74) is 5.11. The number of nitrogens with one attached hydrogen (secondary N) is 1. The lowest BCUT2D eigenvalue weighted by atomic mass is 10.1. The standard InChI is InChI=1S/C25H21N3O2/c1-17-4-2-7-23-22(17)13-24(25(30)27-15-18-8-10-21(29)11-9-18)28(23)16-20-6-3-5-19(12-20)14-26/h2-13,29H,15-16H2,1H3,(H,27,30). The maximum atomic E-state index is 13.1. The fourth-order valence-corrected chi connectivity index (χ4v) is 3.60. The molecule has 0 atom stereocenters. The number of rotatable bonds is 5. The second kappa shape index (κ2) is 8.14. The Labute approximate surface area is 174 Å². The molecule has 0 radical (unpaired) electrons. The number of hydrogen-bond donors (Lipinski definition) is 2. The van der Waals surface area contributed by atoms with Crippen molar-refractivity contribution in [2.24, 2.45) is 0 Å². The minimum Gasteiger partial charge on any atom is -0.508 e. The molecule has 0 saturated carbocycles. The van der Waals surface area contributed by atoms with Crippen LogP contribution in [0.1, 0.15) is 32.7 Å². The zero-order chi connectivity index (χ0) is 21.1. The first-order chi connectivity index (χ1) is 14.5. The second-order valence-corrected chi connectivity index (χ2v) is 7.28. The van der Waals surface area contributed by atoms with Gasteiger partial charge in [-0.3, -0.25) is 4.79 Å². The lowest BCUT2D eigenvalue weighted by Gasteiger charge is -2.12. The van der Waals surface area contributed by atoms with Gasteiger partial charge in [0.2, 0.25) is 0 Å². The van der Waals surface area contributed by atoms with E-state index in [0.717, 1.165) is 27.6 Å². The number of carbonyl (C=O) groups excluding carboxylic acids is 1. The number of benzene rings is 3. The Hall–Kier alpha value is -4.04. The van der Waals surface area contributed by atoms with Crippen LogP contribution in [0.2, 0.25) is 0 Å². The van der Waals surface area contributed by atoms with Crippen molar-refractivity contribution in [3.63, 3.8) is 0 Å². The molecule has 0 unspecified atom stereocenters. The summed E-state index contributed by atoms with van der Waals surface area (Å²) in [6.45, 7) is 2.88. The lowest BCUT2D eigenvalue weighted by molar-refractivity contribution is 0.0942. The quantitative estimate of drug-likeness (QED) is 0.522. The van der Waals surface area contributed by atoms with E-state index in [1.807, 2.05) is 54.0 Å². The van der Waals surface area contributed by atoms with E-state index in [4.69, 9.17) is 0 Å². The third kappa shape index (κ3) is 3.89. The van der Waals surface area contributed by atoms with Crippen molar-refractivity contribution in [3.8, 4) is 11.8 Å². The lowest BCUT2D eigenvalue weighted by Crippen LogP contribution is -2.25. The average Bonchev–Trinajstić information content (AvgIpc) is 3.13. The number of amides is 1. The van der Waals surface area contributed by atoms with Gasteiger partial charge in [0.05, 0.1) is 11.6 Å². The number of nitriles is 1. The van der Waals surface area contributed by atoms with Crippen molar-refractivity contribution in [1.82, 2.24) is 9.88 Å². The molecule has 0 aliphatic rings. The summed E-state index contributed by atoms with van der Waals surface area (Å²) in [7, 11) is 0. The van der Waals surface area contributed by atoms with Gasteiger partial charge in [-0.05, 0) is 60.0 Å². The third-order valence-electron chi connectivity index (χ3n) is 5.18. The molecule has 4 aromatic rings. The summed E-state index contributed by atoms with van der Waals surface area (Å²) in [4.78, 5) is 13.1. The molecule has 0 aliphatic heterocycles. The van der Waals surface area contributed by atoms with Crippen LogP contribution < -0.4 is 5.32 Å². The monoisotopic (exact) mass is 395 g/mol. The summed E-state index contributed by atoms with van der Waals surface area (Å²) in [5.74, 6) is 0.0235. The molecule has 0 saturated heterocycles. The molecule has 0 fully saturated rings. The molecule has 1 amide bonds. The van der Waals surface area contributed by atoms with Crippen LogP contribution in [0.3, 0.4) is 0 Å². The van der Waals surface area contributed by atoms with Gasteiger partial charge in [-0.2, -0.15) is 5.26 Å².